The third-order valence-corrected chi connectivity index (χ3v) is 8.91. The molecule has 3 aromatic rings. The van der Waals surface area contributed by atoms with E-state index in [0.29, 0.717) is 18.8 Å². The lowest BCUT2D eigenvalue weighted by Crippen LogP contribution is -2.62. The Labute approximate surface area is 275 Å². The predicted molar refractivity (Wildman–Crippen MR) is 173 cm³/mol. The highest BCUT2D eigenvalue weighted by molar-refractivity contribution is 5.89. The molecule has 5 rings (SSSR count). The number of esters is 1. The van der Waals surface area contributed by atoms with Crippen LogP contribution < -0.4 is 0 Å². The van der Waals surface area contributed by atoms with Crippen LogP contribution >= 0.6 is 0 Å². The Morgan fingerprint density at radius 2 is 1.40 bits per heavy atom. The van der Waals surface area contributed by atoms with Crippen LogP contribution in [0.1, 0.15) is 42.3 Å². The number of ether oxygens (including phenoxy) is 7. The molecule has 11 heteroatoms. The van der Waals surface area contributed by atoms with Crippen molar-refractivity contribution in [2.24, 2.45) is 17.0 Å². The lowest BCUT2D eigenvalue weighted by atomic mass is 9.82. The first-order valence-corrected chi connectivity index (χ1v) is 16.0. The van der Waals surface area contributed by atoms with Gasteiger partial charge < -0.3 is 33.2 Å². The summed E-state index contributed by atoms with van der Waals surface area (Å²) in [6, 6.07) is 27.6. The maximum atomic E-state index is 13.3. The average Bonchev–Trinajstić information content (AvgIpc) is 3.10. The standard InChI is InChI=1S/C36H43N3O8/c1-23-24(2)30(38-39-37)35(45-29(23)22-42-20-26-14-8-5-9-15-26)47-31-25(3)44-36(41-4)33(46-34(40)28-18-12-7-13-19-28)32(31)43-21-27-16-10-6-11-17-27/h5-19,23-25,29-33,35-36H,20-22H2,1-4H3/t23-,24-,25-,29?,30?,31+,32?,33?,35+,36-/m0/s1. The van der Waals surface area contributed by atoms with Crippen molar-refractivity contribution in [2.75, 3.05) is 13.7 Å². The van der Waals surface area contributed by atoms with Crippen molar-refractivity contribution in [3.63, 3.8) is 0 Å². The van der Waals surface area contributed by atoms with Crippen molar-refractivity contribution in [3.8, 4) is 0 Å². The first-order valence-electron chi connectivity index (χ1n) is 16.0. The average molecular weight is 646 g/mol. The molecule has 47 heavy (non-hydrogen) atoms. The van der Waals surface area contributed by atoms with Crippen LogP contribution in [0.5, 0.6) is 0 Å². The lowest BCUT2D eigenvalue weighted by molar-refractivity contribution is -0.337. The molecule has 11 nitrogen and oxygen atoms in total. The fourth-order valence-corrected chi connectivity index (χ4v) is 6.02. The summed E-state index contributed by atoms with van der Waals surface area (Å²) >= 11 is 0. The third kappa shape index (κ3) is 8.77. The second-order valence-corrected chi connectivity index (χ2v) is 12.0. The van der Waals surface area contributed by atoms with Gasteiger partial charge in [-0.05, 0) is 47.6 Å². The van der Waals surface area contributed by atoms with Crippen LogP contribution in [-0.2, 0) is 46.4 Å². The third-order valence-electron chi connectivity index (χ3n) is 8.91. The largest absolute Gasteiger partial charge is 0.450 e. The summed E-state index contributed by atoms with van der Waals surface area (Å²) in [6.45, 7) is 6.87. The summed E-state index contributed by atoms with van der Waals surface area (Å²) in [5.41, 5.74) is 11.9. The Kier molecular flexibility index (Phi) is 12.4. The van der Waals surface area contributed by atoms with E-state index in [-0.39, 0.29) is 24.5 Å². The molecule has 0 bridgehead atoms. The molecule has 2 saturated heterocycles. The van der Waals surface area contributed by atoms with Crippen molar-refractivity contribution in [3.05, 3.63) is 118 Å². The molecule has 0 N–H and O–H groups in total. The van der Waals surface area contributed by atoms with E-state index in [2.05, 4.69) is 16.9 Å². The molecule has 0 aromatic heterocycles. The lowest BCUT2D eigenvalue weighted by Gasteiger charge is -2.48. The molecule has 3 aromatic carbocycles. The van der Waals surface area contributed by atoms with Gasteiger partial charge in [0.05, 0.1) is 43.6 Å². The van der Waals surface area contributed by atoms with Crippen LogP contribution in [0.15, 0.2) is 96.1 Å². The SMILES string of the molecule is CO[C@H]1O[C@@H](C)[C@@H](O[C@H]2OC(COCc3ccccc3)[C@@H](C)[C@H](C)C2N=[N+]=[N-])C(OCc2ccccc2)C1OC(=O)c1ccccc1. The second-order valence-electron chi connectivity index (χ2n) is 12.0. The van der Waals surface area contributed by atoms with Gasteiger partial charge in [0.15, 0.2) is 18.7 Å². The molecule has 0 amide bonds. The van der Waals surface area contributed by atoms with Gasteiger partial charge in [0.25, 0.3) is 0 Å². The van der Waals surface area contributed by atoms with E-state index in [1.165, 1.54) is 7.11 Å². The summed E-state index contributed by atoms with van der Waals surface area (Å²) in [5, 5.41) is 4.10. The van der Waals surface area contributed by atoms with Gasteiger partial charge in [-0.1, -0.05) is 97.8 Å². The smallest absolute Gasteiger partial charge is 0.338 e. The Morgan fingerprint density at radius 3 is 2.02 bits per heavy atom. The van der Waals surface area contributed by atoms with Crippen LogP contribution in [-0.4, -0.2) is 68.8 Å². The van der Waals surface area contributed by atoms with Gasteiger partial charge in [0.2, 0.25) is 0 Å². The van der Waals surface area contributed by atoms with E-state index in [9.17, 15) is 10.3 Å². The van der Waals surface area contributed by atoms with Crippen molar-refractivity contribution in [2.45, 2.75) is 83.1 Å². The van der Waals surface area contributed by atoms with Crippen LogP contribution in [0.2, 0.25) is 0 Å². The number of carbonyl (C=O) groups is 1. The van der Waals surface area contributed by atoms with E-state index in [1.807, 2.05) is 80.6 Å². The number of methoxy groups -OCH3 is 1. The fourth-order valence-electron chi connectivity index (χ4n) is 6.02. The van der Waals surface area contributed by atoms with E-state index in [4.69, 9.17) is 33.2 Å². The van der Waals surface area contributed by atoms with Crippen molar-refractivity contribution in [1.82, 2.24) is 0 Å². The normalized spacial score (nSPS) is 30.6. The maximum Gasteiger partial charge on any atom is 0.338 e. The predicted octanol–water partition coefficient (Wildman–Crippen LogP) is 6.47. The molecule has 0 aliphatic carbocycles. The second kappa shape index (κ2) is 16.9. The highest BCUT2D eigenvalue weighted by atomic mass is 16.7. The zero-order chi connectivity index (χ0) is 33.2. The molecule has 10 atom stereocenters. The first kappa shape index (κ1) is 34.5. The van der Waals surface area contributed by atoms with Gasteiger partial charge >= 0.3 is 5.97 Å². The van der Waals surface area contributed by atoms with Crippen molar-refractivity contribution < 1.29 is 38.0 Å². The molecule has 250 valence electrons. The Morgan fingerprint density at radius 1 is 0.787 bits per heavy atom. The molecule has 0 radical (unpaired) electrons. The van der Waals surface area contributed by atoms with Gasteiger partial charge in [-0.3, -0.25) is 0 Å². The molecule has 2 aliphatic heterocycles. The molecular weight excluding hydrogens is 602 g/mol. The number of rotatable bonds is 13. The summed E-state index contributed by atoms with van der Waals surface area (Å²) in [5.74, 6) is -0.651. The minimum atomic E-state index is -1.000. The van der Waals surface area contributed by atoms with Crippen LogP contribution in [0.3, 0.4) is 0 Å². The van der Waals surface area contributed by atoms with Gasteiger partial charge in [0, 0.05) is 12.0 Å². The highest BCUT2D eigenvalue weighted by Gasteiger charge is 2.51. The molecular formula is C36H43N3O8. The van der Waals surface area contributed by atoms with Gasteiger partial charge in [-0.15, -0.1) is 0 Å². The summed E-state index contributed by atoms with van der Waals surface area (Å²) in [4.78, 5) is 16.4. The number of hydrogen-bond acceptors (Lipinski definition) is 9. The van der Waals surface area contributed by atoms with E-state index < -0.39 is 49.0 Å². The molecule has 0 spiro atoms. The zero-order valence-electron chi connectivity index (χ0n) is 27.2. The molecule has 4 unspecified atom stereocenters. The van der Waals surface area contributed by atoms with Gasteiger partial charge in [-0.2, -0.15) is 0 Å². The molecule has 0 saturated carbocycles. The first-order chi connectivity index (χ1) is 22.9. The van der Waals surface area contributed by atoms with Crippen molar-refractivity contribution in [1.29, 1.82) is 0 Å². The summed E-state index contributed by atoms with van der Waals surface area (Å²) in [6.07, 6.45) is -5.44. The minimum absolute atomic E-state index is 0.00345. The number of carbonyl (C=O) groups excluding carboxylic acids is 1. The number of nitrogens with zero attached hydrogens (tertiary/aromatic N) is 3. The molecule has 2 aliphatic rings. The van der Waals surface area contributed by atoms with Crippen LogP contribution in [0.4, 0.5) is 0 Å². The summed E-state index contributed by atoms with van der Waals surface area (Å²) < 4.78 is 43.7. The monoisotopic (exact) mass is 645 g/mol. The molecule has 2 fully saturated rings. The highest BCUT2D eigenvalue weighted by Crippen LogP contribution is 2.37. The Bertz CT molecular complexity index is 1440. The van der Waals surface area contributed by atoms with Gasteiger partial charge in [0.1, 0.15) is 12.2 Å². The number of benzene rings is 3. The van der Waals surface area contributed by atoms with E-state index in [1.54, 1.807) is 24.3 Å². The Balaban J connectivity index is 1.40. The maximum absolute atomic E-state index is 13.3. The quantitative estimate of drug-likeness (QED) is 0.0895. The number of hydrogen-bond donors (Lipinski definition) is 0. The van der Waals surface area contributed by atoms with Crippen LogP contribution in [0, 0.1) is 11.8 Å². The zero-order valence-corrected chi connectivity index (χ0v) is 27.2. The van der Waals surface area contributed by atoms with E-state index in [0.717, 1.165) is 11.1 Å². The minimum Gasteiger partial charge on any atom is -0.450 e. The van der Waals surface area contributed by atoms with E-state index >= 15 is 0 Å². The van der Waals surface area contributed by atoms with Gasteiger partial charge in [-0.25, -0.2) is 4.79 Å². The fraction of sp³-hybridized carbons (Fsp3) is 0.472. The topological polar surface area (TPSA) is 130 Å². The Hall–Kier alpha value is -3.80. The van der Waals surface area contributed by atoms with Crippen LogP contribution in [0.25, 0.3) is 10.4 Å². The molecule has 2 heterocycles. The number of azide groups is 1. The summed E-state index contributed by atoms with van der Waals surface area (Å²) in [7, 11) is 1.49. The van der Waals surface area contributed by atoms with Crippen molar-refractivity contribution >= 4 is 5.97 Å².